The van der Waals surface area contributed by atoms with Crippen molar-refractivity contribution < 1.29 is 0 Å². The van der Waals surface area contributed by atoms with E-state index in [0.29, 0.717) is 0 Å². The van der Waals surface area contributed by atoms with Crippen molar-refractivity contribution >= 4 is 5.69 Å². The molecule has 0 bridgehead atoms. The Morgan fingerprint density at radius 3 is 3.00 bits per heavy atom. The van der Waals surface area contributed by atoms with Crippen LogP contribution >= 0.6 is 0 Å². The molecule has 1 unspecified atom stereocenters. The summed E-state index contributed by atoms with van der Waals surface area (Å²) in [6, 6.07) is 6.79. The highest BCUT2D eigenvalue weighted by molar-refractivity contribution is 5.62. The molecule has 1 aromatic carbocycles. The van der Waals surface area contributed by atoms with Gasteiger partial charge in [-0.3, -0.25) is 0 Å². The van der Waals surface area contributed by atoms with Crippen molar-refractivity contribution in [2.45, 2.75) is 25.3 Å². The first-order valence-corrected chi connectivity index (χ1v) is 5.47. The molecule has 1 aliphatic heterocycles. The summed E-state index contributed by atoms with van der Waals surface area (Å²) >= 11 is 0. The van der Waals surface area contributed by atoms with Gasteiger partial charge in [0, 0.05) is 18.3 Å². The summed E-state index contributed by atoms with van der Waals surface area (Å²) in [6.45, 7) is 1.07. The second-order valence-electron chi connectivity index (χ2n) is 4.42. The fourth-order valence-electron chi connectivity index (χ4n) is 2.35. The molecular weight excluding hydrogens is 172 g/mol. The van der Waals surface area contributed by atoms with Crippen molar-refractivity contribution in [3.63, 3.8) is 0 Å². The van der Waals surface area contributed by atoms with Gasteiger partial charge < -0.3 is 11.1 Å². The third-order valence-corrected chi connectivity index (χ3v) is 3.37. The molecule has 1 aromatic rings. The Bertz CT molecular complexity index is 355. The van der Waals surface area contributed by atoms with Gasteiger partial charge in [0.1, 0.15) is 0 Å². The largest absolute Gasteiger partial charge is 0.384 e. The molecular formula is C12H16N2. The number of rotatable bonds is 2. The molecule has 1 fully saturated rings. The number of fused-ring (bicyclic) bond motifs is 1. The number of anilines is 1. The van der Waals surface area contributed by atoms with Crippen molar-refractivity contribution in [2.75, 3.05) is 11.9 Å². The van der Waals surface area contributed by atoms with Gasteiger partial charge in [0.25, 0.3) is 0 Å². The van der Waals surface area contributed by atoms with Gasteiger partial charge in [0.15, 0.2) is 0 Å². The molecule has 3 rings (SSSR count). The van der Waals surface area contributed by atoms with Gasteiger partial charge in [-0.15, -0.1) is 0 Å². The van der Waals surface area contributed by atoms with E-state index in [2.05, 4.69) is 23.5 Å². The molecule has 14 heavy (non-hydrogen) atoms. The predicted octanol–water partition coefficient (Wildman–Crippen LogP) is 2.06. The zero-order valence-electron chi connectivity index (χ0n) is 8.29. The molecule has 2 aliphatic rings. The SMILES string of the molecule is NC(c1cccc2c1NCC2)C1CC1. The van der Waals surface area contributed by atoms with Crippen molar-refractivity contribution in [1.82, 2.24) is 0 Å². The summed E-state index contributed by atoms with van der Waals surface area (Å²) in [5.74, 6) is 0.740. The van der Waals surface area contributed by atoms with Crippen LogP contribution in [0.3, 0.4) is 0 Å². The Kier molecular flexibility index (Phi) is 1.77. The van der Waals surface area contributed by atoms with Gasteiger partial charge >= 0.3 is 0 Å². The minimum absolute atomic E-state index is 0.260. The van der Waals surface area contributed by atoms with Gasteiger partial charge in [-0.1, -0.05) is 18.2 Å². The highest BCUT2D eigenvalue weighted by Gasteiger charge is 2.31. The molecule has 74 valence electrons. The maximum atomic E-state index is 6.23. The highest BCUT2D eigenvalue weighted by Crippen LogP contribution is 2.42. The molecule has 1 saturated carbocycles. The summed E-state index contributed by atoms with van der Waals surface area (Å²) in [5.41, 5.74) is 10.3. The molecule has 1 heterocycles. The van der Waals surface area contributed by atoms with Crippen molar-refractivity contribution in [1.29, 1.82) is 0 Å². The van der Waals surface area contributed by atoms with Gasteiger partial charge in [-0.2, -0.15) is 0 Å². The van der Waals surface area contributed by atoms with E-state index in [4.69, 9.17) is 5.73 Å². The maximum Gasteiger partial charge on any atom is 0.0422 e. The number of nitrogens with two attached hydrogens (primary N) is 1. The topological polar surface area (TPSA) is 38.0 Å². The van der Waals surface area contributed by atoms with Crippen molar-refractivity contribution in [2.24, 2.45) is 11.7 Å². The van der Waals surface area contributed by atoms with Crippen LogP contribution in [0.1, 0.15) is 30.0 Å². The zero-order valence-corrected chi connectivity index (χ0v) is 8.29. The van der Waals surface area contributed by atoms with E-state index >= 15 is 0 Å². The fourth-order valence-corrected chi connectivity index (χ4v) is 2.35. The quantitative estimate of drug-likeness (QED) is 0.745. The third kappa shape index (κ3) is 1.22. The monoisotopic (exact) mass is 188 g/mol. The Balaban J connectivity index is 2.00. The summed E-state index contributed by atoms with van der Waals surface area (Å²) in [5, 5.41) is 3.45. The van der Waals surface area contributed by atoms with Gasteiger partial charge in [-0.25, -0.2) is 0 Å². The van der Waals surface area contributed by atoms with E-state index in [0.717, 1.165) is 18.9 Å². The van der Waals surface area contributed by atoms with Crippen LogP contribution in [0.5, 0.6) is 0 Å². The van der Waals surface area contributed by atoms with Crippen LogP contribution in [0, 0.1) is 5.92 Å². The Morgan fingerprint density at radius 1 is 1.36 bits per heavy atom. The predicted molar refractivity (Wildman–Crippen MR) is 58.3 cm³/mol. The molecule has 0 amide bonds. The highest BCUT2D eigenvalue weighted by atomic mass is 14.9. The van der Waals surface area contributed by atoms with Crippen LogP contribution in [0.25, 0.3) is 0 Å². The normalized spacial score (nSPS) is 21.5. The number of para-hydroxylation sites is 1. The maximum absolute atomic E-state index is 6.23. The smallest absolute Gasteiger partial charge is 0.0422 e. The fraction of sp³-hybridized carbons (Fsp3) is 0.500. The molecule has 2 heteroatoms. The van der Waals surface area contributed by atoms with Gasteiger partial charge in [-0.05, 0) is 36.3 Å². The van der Waals surface area contributed by atoms with E-state index in [9.17, 15) is 0 Å². The minimum Gasteiger partial charge on any atom is -0.384 e. The number of benzene rings is 1. The number of hydrogen-bond acceptors (Lipinski definition) is 2. The summed E-state index contributed by atoms with van der Waals surface area (Å²) in [6.07, 6.45) is 3.77. The lowest BCUT2D eigenvalue weighted by atomic mass is 9.99. The van der Waals surface area contributed by atoms with Crippen molar-refractivity contribution in [3.05, 3.63) is 29.3 Å². The molecule has 0 spiro atoms. The molecule has 3 N–H and O–H groups in total. The first kappa shape index (κ1) is 8.30. The molecule has 2 nitrogen and oxygen atoms in total. The van der Waals surface area contributed by atoms with Crippen LogP contribution in [-0.4, -0.2) is 6.54 Å². The van der Waals surface area contributed by atoms with E-state index in [1.54, 1.807) is 0 Å². The lowest BCUT2D eigenvalue weighted by molar-refractivity contribution is 0.635. The van der Waals surface area contributed by atoms with Crippen LogP contribution in [-0.2, 0) is 6.42 Å². The molecule has 1 atom stereocenters. The Morgan fingerprint density at radius 2 is 2.21 bits per heavy atom. The molecule has 0 aromatic heterocycles. The lowest BCUT2D eigenvalue weighted by Crippen LogP contribution is -2.14. The third-order valence-electron chi connectivity index (χ3n) is 3.37. The molecule has 0 saturated heterocycles. The first-order chi connectivity index (χ1) is 6.86. The van der Waals surface area contributed by atoms with Gasteiger partial charge in [0.05, 0.1) is 0 Å². The van der Waals surface area contributed by atoms with Crippen molar-refractivity contribution in [3.8, 4) is 0 Å². The second kappa shape index (κ2) is 2.99. The number of hydrogen-bond donors (Lipinski definition) is 2. The van der Waals surface area contributed by atoms with E-state index in [-0.39, 0.29) is 6.04 Å². The zero-order chi connectivity index (χ0) is 9.54. The summed E-state index contributed by atoms with van der Waals surface area (Å²) in [7, 11) is 0. The number of nitrogens with one attached hydrogen (secondary N) is 1. The average molecular weight is 188 g/mol. The first-order valence-electron chi connectivity index (χ1n) is 5.47. The molecule has 1 aliphatic carbocycles. The van der Waals surface area contributed by atoms with E-state index in [1.807, 2.05) is 0 Å². The molecule has 0 radical (unpaired) electrons. The summed E-state index contributed by atoms with van der Waals surface area (Å²) < 4.78 is 0. The van der Waals surface area contributed by atoms with E-state index in [1.165, 1.54) is 29.7 Å². The Hall–Kier alpha value is -1.02. The van der Waals surface area contributed by atoms with Crippen LogP contribution in [0.4, 0.5) is 5.69 Å². The lowest BCUT2D eigenvalue weighted by Gasteiger charge is -2.15. The van der Waals surface area contributed by atoms with Crippen LogP contribution < -0.4 is 11.1 Å². The standard InChI is InChI=1S/C12H16N2/c13-11(8-4-5-8)10-3-1-2-9-6-7-14-12(9)10/h1-3,8,11,14H,4-7,13H2. The Labute approximate surface area is 84.5 Å². The summed E-state index contributed by atoms with van der Waals surface area (Å²) in [4.78, 5) is 0. The van der Waals surface area contributed by atoms with E-state index < -0.39 is 0 Å². The average Bonchev–Trinajstić information content (AvgIpc) is 2.94. The second-order valence-corrected chi connectivity index (χ2v) is 4.42. The minimum atomic E-state index is 0.260. The van der Waals surface area contributed by atoms with Crippen LogP contribution in [0.15, 0.2) is 18.2 Å². The van der Waals surface area contributed by atoms with Gasteiger partial charge in [0.2, 0.25) is 0 Å². The van der Waals surface area contributed by atoms with Crippen LogP contribution in [0.2, 0.25) is 0 Å².